The summed E-state index contributed by atoms with van der Waals surface area (Å²) in [5.74, 6) is 0.269. The third-order valence-corrected chi connectivity index (χ3v) is 8.46. The average Bonchev–Trinajstić information content (AvgIpc) is 3.04. The molecule has 8 rings (SSSR count). The van der Waals surface area contributed by atoms with Crippen LogP contribution in [0, 0.1) is 0 Å². The van der Waals surface area contributed by atoms with Gasteiger partial charge >= 0.3 is 0 Å². The van der Waals surface area contributed by atoms with Gasteiger partial charge in [0, 0.05) is 11.1 Å². The van der Waals surface area contributed by atoms with Crippen molar-refractivity contribution < 1.29 is 10.2 Å². The molecule has 0 saturated heterocycles. The van der Waals surface area contributed by atoms with Gasteiger partial charge in [-0.25, -0.2) is 0 Å². The highest BCUT2D eigenvalue weighted by Gasteiger charge is 2.22. The van der Waals surface area contributed by atoms with Gasteiger partial charge in [0.05, 0.1) is 0 Å². The third-order valence-electron chi connectivity index (χ3n) is 8.46. The van der Waals surface area contributed by atoms with E-state index in [1.54, 1.807) is 0 Å². The van der Waals surface area contributed by atoms with Crippen LogP contribution in [-0.2, 0) is 0 Å². The number of aromatic hydroxyl groups is 2. The number of phenols is 2. The maximum Gasteiger partial charge on any atom is 0.124 e. The monoisotopic (exact) mass is 538 g/mol. The molecule has 0 saturated carbocycles. The van der Waals surface area contributed by atoms with Crippen LogP contribution in [0.4, 0.5) is 0 Å². The van der Waals surface area contributed by atoms with Crippen LogP contribution in [-0.4, -0.2) is 10.2 Å². The molecule has 0 radical (unpaired) electrons. The van der Waals surface area contributed by atoms with Crippen LogP contribution >= 0.6 is 0 Å². The van der Waals surface area contributed by atoms with Gasteiger partial charge in [0.15, 0.2) is 0 Å². The molecule has 0 spiro atoms. The first-order valence-electron chi connectivity index (χ1n) is 14.1. The topological polar surface area (TPSA) is 40.5 Å². The van der Waals surface area contributed by atoms with Crippen LogP contribution in [0.15, 0.2) is 146 Å². The Hall–Kier alpha value is -5.60. The van der Waals surface area contributed by atoms with Gasteiger partial charge in [-0.2, -0.15) is 0 Å². The molecule has 0 aliphatic carbocycles. The van der Waals surface area contributed by atoms with Crippen LogP contribution in [0.1, 0.15) is 0 Å². The summed E-state index contributed by atoms with van der Waals surface area (Å²) in [6.45, 7) is 0. The first-order valence-corrected chi connectivity index (χ1v) is 14.1. The highest BCUT2D eigenvalue weighted by Crippen LogP contribution is 2.50. The van der Waals surface area contributed by atoms with E-state index < -0.39 is 0 Å². The van der Waals surface area contributed by atoms with Crippen LogP contribution in [0.5, 0.6) is 11.5 Å². The van der Waals surface area contributed by atoms with Gasteiger partial charge in [0.2, 0.25) is 0 Å². The fraction of sp³-hybridized carbons (Fsp3) is 0. The minimum absolute atomic E-state index is 0.134. The third kappa shape index (κ3) is 3.66. The van der Waals surface area contributed by atoms with Gasteiger partial charge in [0.25, 0.3) is 0 Å². The van der Waals surface area contributed by atoms with Crippen molar-refractivity contribution in [2.24, 2.45) is 0 Å². The molecule has 0 fully saturated rings. The van der Waals surface area contributed by atoms with Crippen molar-refractivity contribution >= 4 is 43.1 Å². The second kappa shape index (κ2) is 9.50. The Balaban J connectivity index is 1.43. The van der Waals surface area contributed by atoms with Crippen molar-refractivity contribution in [1.82, 2.24) is 0 Å². The maximum atomic E-state index is 11.8. The molecule has 2 N–H and O–H groups in total. The lowest BCUT2D eigenvalue weighted by molar-refractivity contribution is 0.470. The van der Waals surface area contributed by atoms with Crippen molar-refractivity contribution in [1.29, 1.82) is 0 Å². The first kappa shape index (κ1) is 24.2. The number of fused-ring (bicyclic) bond motifs is 4. The Morgan fingerprint density at radius 2 is 0.619 bits per heavy atom. The van der Waals surface area contributed by atoms with Crippen LogP contribution in [0.3, 0.4) is 0 Å². The van der Waals surface area contributed by atoms with Gasteiger partial charge in [-0.15, -0.1) is 0 Å². The van der Waals surface area contributed by atoms with E-state index in [0.29, 0.717) is 11.1 Å². The minimum Gasteiger partial charge on any atom is -0.507 e. The number of rotatable bonds is 3. The number of hydrogen-bond donors (Lipinski definition) is 2. The molecule has 2 nitrogen and oxygen atoms in total. The van der Waals surface area contributed by atoms with E-state index in [9.17, 15) is 10.2 Å². The quantitative estimate of drug-likeness (QED) is 0.235. The molecule has 0 aromatic heterocycles. The first-order chi connectivity index (χ1) is 20.7. The molecular weight excluding hydrogens is 512 g/mol. The summed E-state index contributed by atoms with van der Waals surface area (Å²) in [6, 6.07) is 49.2. The van der Waals surface area contributed by atoms with Crippen LogP contribution in [0.25, 0.3) is 76.5 Å². The van der Waals surface area contributed by atoms with Crippen molar-refractivity contribution in [3.8, 4) is 44.9 Å². The molecule has 8 aromatic carbocycles. The SMILES string of the molecule is Oc1cc(-c2cccc3ccccc23)c2ccccc2c1-c1c(O)cc(-c2cccc3ccccc23)c2ccccc12. The predicted molar refractivity (Wildman–Crippen MR) is 176 cm³/mol. The Morgan fingerprint density at radius 3 is 1.05 bits per heavy atom. The summed E-state index contributed by atoms with van der Waals surface area (Å²) >= 11 is 0. The summed E-state index contributed by atoms with van der Waals surface area (Å²) in [7, 11) is 0. The zero-order chi connectivity index (χ0) is 28.2. The largest absolute Gasteiger partial charge is 0.507 e. The molecule has 0 atom stereocenters. The summed E-state index contributed by atoms with van der Waals surface area (Å²) in [5.41, 5.74) is 5.30. The van der Waals surface area contributed by atoms with Crippen LogP contribution in [0.2, 0.25) is 0 Å². The van der Waals surface area contributed by atoms with E-state index in [0.717, 1.165) is 65.3 Å². The molecule has 2 heteroatoms. The van der Waals surface area contributed by atoms with Gasteiger partial charge in [-0.05, 0) is 77.5 Å². The van der Waals surface area contributed by atoms with Gasteiger partial charge in [-0.3, -0.25) is 0 Å². The molecular formula is C40H26O2. The average molecular weight is 539 g/mol. The van der Waals surface area contributed by atoms with Gasteiger partial charge in [0.1, 0.15) is 11.5 Å². The highest BCUT2D eigenvalue weighted by atomic mass is 16.3. The van der Waals surface area contributed by atoms with Crippen molar-refractivity contribution in [2.45, 2.75) is 0 Å². The summed E-state index contributed by atoms with van der Waals surface area (Å²) in [6.07, 6.45) is 0. The maximum absolute atomic E-state index is 11.8. The molecule has 0 aliphatic heterocycles. The predicted octanol–water partition coefficient (Wildman–Crippen LogP) is 10.7. The molecule has 0 amide bonds. The van der Waals surface area contributed by atoms with E-state index in [1.807, 2.05) is 72.8 Å². The molecule has 0 aliphatic rings. The molecule has 42 heavy (non-hydrogen) atoms. The van der Waals surface area contributed by atoms with E-state index in [4.69, 9.17) is 0 Å². The van der Waals surface area contributed by atoms with Crippen molar-refractivity contribution in [2.75, 3.05) is 0 Å². The van der Waals surface area contributed by atoms with Gasteiger partial charge < -0.3 is 10.2 Å². The smallest absolute Gasteiger partial charge is 0.124 e. The summed E-state index contributed by atoms with van der Waals surface area (Å²) in [5, 5.41) is 31.9. The Bertz CT molecular complexity index is 2150. The Kier molecular flexibility index (Phi) is 5.48. The van der Waals surface area contributed by atoms with Crippen molar-refractivity contribution in [3.63, 3.8) is 0 Å². The van der Waals surface area contributed by atoms with E-state index in [-0.39, 0.29) is 11.5 Å². The number of phenolic OH excluding ortho intramolecular Hbond substituents is 2. The lowest BCUT2D eigenvalue weighted by Gasteiger charge is -2.19. The number of benzene rings is 8. The van der Waals surface area contributed by atoms with Crippen molar-refractivity contribution in [3.05, 3.63) is 146 Å². The Labute approximate surface area is 243 Å². The summed E-state index contributed by atoms with van der Waals surface area (Å²) in [4.78, 5) is 0. The molecule has 8 aromatic rings. The lowest BCUT2D eigenvalue weighted by atomic mass is 9.85. The Morgan fingerprint density at radius 1 is 0.286 bits per heavy atom. The second-order valence-electron chi connectivity index (χ2n) is 10.8. The molecule has 0 bridgehead atoms. The summed E-state index contributed by atoms with van der Waals surface area (Å²) < 4.78 is 0. The normalized spacial score (nSPS) is 11.5. The fourth-order valence-corrected chi connectivity index (χ4v) is 6.61. The van der Waals surface area contributed by atoms with Crippen LogP contribution < -0.4 is 0 Å². The lowest BCUT2D eigenvalue weighted by Crippen LogP contribution is -1.92. The fourth-order valence-electron chi connectivity index (χ4n) is 6.61. The molecule has 0 unspecified atom stereocenters. The second-order valence-corrected chi connectivity index (χ2v) is 10.8. The molecule has 198 valence electrons. The number of hydrogen-bond acceptors (Lipinski definition) is 2. The van der Waals surface area contributed by atoms with E-state index in [2.05, 4.69) is 72.8 Å². The van der Waals surface area contributed by atoms with Gasteiger partial charge in [-0.1, -0.05) is 133 Å². The standard InChI is InChI=1S/C40H26O2/c41-37-23-35(29-21-9-13-25-11-1-3-15-27(25)29)31-17-5-7-19-33(31)39(37)40-34-20-8-6-18-32(34)36(24-38(40)42)30-22-10-14-26-12-2-4-16-28(26)30/h1-24,41-42H. The zero-order valence-corrected chi connectivity index (χ0v) is 22.8. The zero-order valence-electron chi connectivity index (χ0n) is 22.8. The highest BCUT2D eigenvalue weighted by molar-refractivity contribution is 6.18. The molecule has 0 heterocycles. The van der Waals surface area contributed by atoms with E-state index >= 15 is 0 Å². The van der Waals surface area contributed by atoms with E-state index in [1.165, 1.54) is 0 Å². The minimum atomic E-state index is 0.134.